The number of hydrogen-bond donors (Lipinski definition) is 0. The first kappa shape index (κ1) is 14.1. The zero-order valence-electron chi connectivity index (χ0n) is 11.5. The molecule has 0 atom stereocenters. The van der Waals surface area contributed by atoms with Crippen LogP contribution in [0.5, 0.6) is 0 Å². The molecule has 0 saturated carbocycles. The molecule has 1 saturated heterocycles. The minimum Gasteiger partial charge on any atom is -0.336 e. The van der Waals surface area contributed by atoms with Crippen molar-refractivity contribution in [3.63, 3.8) is 0 Å². The molecule has 0 aliphatic carbocycles. The largest absolute Gasteiger partial charge is 0.336 e. The molecule has 1 amide bonds. The Balaban J connectivity index is 2.08. The van der Waals surface area contributed by atoms with Crippen molar-refractivity contribution in [3.05, 3.63) is 34.9 Å². The molecule has 2 rings (SSSR count). The molecular weight excluding hydrogens is 262 g/mol. The third-order valence-electron chi connectivity index (χ3n) is 3.66. The topological polar surface area (TPSA) is 54.5 Å². The van der Waals surface area contributed by atoms with Crippen molar-refractivity contribution < 1.29 is 13.2 Å². The fourth-order valence-corrected chi connectivity index (χ4v) is 3.58. The average molecular weight is 281 g/mol. The number of carbonyl (C=O) groups excluding carboxylic acids is 1. The van der Waals surface area contributed by atoms with Gasteiger partial charge in [-0.25, -0.2) is 8.42 Å². The Morgan fingerprint density at radius 3 is 2.47 bits per heavy atom. The molecular formula is C14H19NO3S. The Bertz CT molecular complexity index is 601. The van der Waals surface area contributed by atoms with E-state index in [1.54, 1.807) is 11.8 Å². The minimum atomic E-state index is -3.02. The molecule has 104 valence electrons. The standard InChI is InChI=1S/C14H19NO3S/c1-4-19(17,18)12-8-15(9-12)14(16)13-6-5-10(2)7-11(13)3/h5-7,12H,4,8-9H2,1-3H3. The number of likely N-dealkylation sites (tertiary alicyclic amines) is 1. The summed E-state index contributed by atoms with van der Waals surface area (Å²) in [5, 5.41) is -0.382. The van der Waals surface area contributed by atoms with Gasteiger partial charge in [0.25, 0.3) is 5.91 Å². The van der Waals surface area contributed by atoms with Gasteiger partial charge >= 0.3 is 0 Å². The van der Waals surface area contributed by atoms with E-state index >= 15 is 0 Å². The average Bonchev–Trinajstić information content (AvgIpc) is 2.26. The van der Waals surface area contributed by atoms with Gasteiger partial charge < -0.3 is 4.90 Å². The molecule has 4 nitrogen and oxygen atoms in total. The van der Waals surface area contributed by atoms with Gasteiger partial charge in [-0.3, -0.25) is 4.79 Å². The van der Waals surface area contributed by atoms with Gasteiger partial charge in [-0.2, -0.15) is 0 Å². The Kier molecular flexibility index (Phi) is 3.67. The Hall–Kier alpha value is -1.36. The van der Waals surface area contributed by atoms with Crippen LogP contribution in [0.2, 0.25) is 0 Å². The van der Waals surface area contributed by atoms with Crippen LogP contribution >= 0.6 is 0 Å². The first-order valence-electron chi connectivity index (χ1n) is 6.43. The summed E-state index contributed by atoms with van der Waals surface area (Å²) in [7, 11) is -3.02. The molecule has 1 aromatic rings. The van der Waals surface area contributed by atoms with E-state index in [0.29, 0.717) is 18.7 Å². The highest BCUT2D eigenvalue weighted by Crippen LogP contribution is 2.21. The van der Waals surface area contributed by atoms with Gasteiger partial charge in [0, 0.05) is 24.4 Å². The SMILES string of the molecule is CCS(=O)(=O)C1CN(C(=O)c2ccc(C)cc2C)C1. The van der Waals surface area contributed by atoms with Crippen molar-refractivity contribution in [1.82, 2.24) is 4.90 Å². The lowest BCUT2D eigenvalue weighted by Crippen LogP contribution is -2.57. The summed E-state index contributed by atoms with van der Waals surface area (Å²) in [5.41, 5.74) is 2.72. The van der Waals surface area contributed by atoms with Crippen LogP contribution in [0.25, 0.3) is 0 Å². The van der Waals surface area contributed by atoms with Crippen molar-refractivity contribution in [1.29, 1.82) is 0 Å². The molecule has 0 bridgehead atoms. The number of hydrogen-bond acceptors (Lipinski definition) is 3. The van der Waals surface area contributed by atoms with Crippen LogP contribution in [-0.2, 0) is 9.84 Å². The van der Waals surface area contributed by atoms with E-state index < -0.39 is 9.84 Å². The van der Waals surface area contributed by atoms with Crippen molar-refractivity contribution in [2.24, 2.45) is 0 Å². The zero-order valence-corrected chi connectivity index (χ0v) is 12.3. The van der Waals surface area contributed by atoms with Crippen LogP contribution in [0.1, 0.15) is 28.4 Å². The van der Waals surface area contributed by atoms with Crippen molar-refractivity contribution in [2.45, 2.75) is 26.0 Å². The van der Waals surface area contributed by atoms with Crippen molar-refractivity contribution in [3.8, 4) is 0 Å². The Morgan fingerprint density at radius 1 is 1.32 bits per heavy atom. The van der Waals surface area contributed by atoms with Crippen LogP contribution in [0, 0.1) is 13.8 Å². The zero-order chi connectivity index (χ0) is 14.2. The fourth-order valence-electron chi connectivity index (χ4n) is 2.29. The molecule has 1 aromatic carbocycles. The molecule has 0 N–H and O–H groups in total. The summed E-state index contributed by atoms with van der Waals surface area (Å²) in [5.74, 6) is 0.0727. The maximum atomic E-state index is 12.3. The summed E-state index contributed by atoms with van der Waals surface area (Å²) in [6.07, 6.45) is 0. The van der Waals surface area contributed by atoms with E-state index in [1.165, 1.54) is 0 Å². The lowest BCUT2D eigenvalue weighted by atomic mass is 10.0. The van der Waals surface area contributed by atoms with Crippen molar-refractivity contribution >= 4 is 15.7 Å². The van der Waals surface area contributed by atoms with Crippen LogP contribution in [-0.4, -0.2) is 43.3 Å². The number of nitrogens with zero attached hydrogens (tertiary/aromatic N) is 1. The monoisotopic (exact) mass is 281 g/mol. The van der Waals surface area contributed by atoms with E-state index in [4.69, 9.17) is 0 Å². The second kappa shape index (κ2) is 4.96. The Morgan fingerprint density at radius 2 is 1.95 bits per heavy atom. The lowest BCUT2D eigenvalue weighted by Gasteiger charge is -2.38. The van der Waals surface area contributed by atoms with Crippen LogP contribution in [0.4, 0.5) is 0 Å². The maximum Gasteiger partial charge on any atom is 0.254 e. The van der Waals surface area contributed by atoms with Gasteiger partial charge in [0.05, 0.1) is 5.25 Å². The molecule has 0 spiro atoms. The van der Waals surface area contributed by atoms with E-state index in [-0.39, 0.29) is 16.9 Å². The summed E-state index contributed by atoms with van der Waals surface area (Å²) in [6.45, 7) is 6.17. The molecule has 0 aromatic heterocycles. The Labute approximate surface area is 114 Å². The number of benzene rings is 1. The van der Waals surface area contributed by atoms with E-state index in [2.05, 4.69) is 0 Å². The van der Waals surface area contributed by atoms with Gasteiger partial charge in [-0.1, -0.05) is 24.6 Å². The van der Waals surface area contributed by atoms with Gasteiger partial charge in [0.1, 0.15) is 0 Å². The lowest BCUT2D eigenvalue weighted by molar-refractivity contribution is 0.0658. The number of amides is 1. The quantitative estimate of drug-likeness (QED) is 0.845. The molecule has 5 heteroatoms. The van der Waals surface area contributed by atoms with Gasteiger partial charge in [-0.15, -0.1) is 0 Å². The number of aryl methyl sites for hydroxylation is 2. The molecule has 19 heavy (non-hydrogen) atoms. The predicted octanol–water partition coefficient (Wildman–Crippen LogP) is 1.56. The normalized spacial score (nSPS) is 16.3. The van der Waals surface area contributed by atoms with E-state index in [9.17, 15) is 13.2 Å². The molecule has 1 heterocycles. The van der Waals surface area contributed by atoms with Gasteiger partial charge in [0.2, 0.25) is 0 Å². The first-order valence-corrected chi connectivity index (χ1v) is 8.14. The summed E-state index contributed by atoms with van der Waals surface area (Å²) in [4.78, 5) is 13.9. The molecule has 1 fully saturated rings. The third-order valence-corrected chi connectivity index (χ3v) is 5.78. The first-order chi connectivity index (χ1) is 8.85. The highest BCUT2D eigenvalue weighted by Gasteiger charge is 2.39. The van der Waals surface area contributed by atoms with E-state index in [1.807, 2.05) is 32.0 Å². The minimum absolute atomic E-state index is 0.0694. The second-order valence-corrected chi connectivity index (χ2v) is 7.67. The number of rotatable bonds is 3. The summed E-state index contributed by atoms with van der Waals surface area (Å²) in [6, 6.07) is 5.68. The van der Waals surface area contributed by atoms with Crippen LogP contribution < -0.4 is 0 Å². The van der Waals surface area contributed by atoms with Gasteiger partial charge in [-0.05, 0) is 25.5 Å². The number of sulfone groups is 1. The second-order valence-electron chi connectivity index (χ2n) is 5.10. The predicted molar refractivity (Wildman–Crippen MR) is 75.1 cm³/mol. The molecule has 0 unspecified atom stereocenters. The summed E-state index contributed by atoms with van der Waals surface area (Å²) < 4.78 is 23.3. The van der Waals surface area contributed by atoms with Crippen LogP contribution in [0.3, 0.4) is 0 Å². The summed E-state index contributed by atoms with van der Waals surface area (Å²) >= 11 is 0. The van der Waals surface area contributed by atoms with Crippen LogP contribution in [0.15, 0.2) is 18.2 Å². The number of carbonyl (C=O) groups is 1. The fraction of sp³-hybridized carbons (Fsp3) is 0.500. The smallest absolute Gasteiger partial charge is 0.254 e. The highest BCUT2D eigenvalue weighted by atomic mass is 32.2. The van der Waals surface area contributed by atoms with Gasteiger partial charge in [0.15, 0.2) is 9.84 Å². The maximum absolute atomic E-state index is 12.3. The highest BCUT2D eigenvalue weighted by molar-refractivity contribution is 7.92. The third kappa shape index (κ3) is 2.66. The molecule has 0 radical (unpaired) electrons. The van der Waals surface area contributed by atoms with E-state index in [0.717, 1.165) is 11.1 Å². The molecule has 1 aliphatic heterocycles. The van der Waals surface area contributed by atoms with Crippen molar-refractivity contribution in [2.75, 3.05) is 18.8 Å². The molecule has 1 aliphatic rings.